The maximum atomic E-state index is 13.3. The zero-order valence-corrected chi connectivity index (χ0v) is 9.76. The minimum atomic E-state index is -0.305. The molecule has 4 nitrogen and oxygen atoms in total. The summed E-state index contributed by atoms with van der Waals surface area (Å²) in [6, 6.07) is 8.12. The van der Waals surface area contributed by atoms with Gasteiger partial charge < -0.3 is 5.73 Å². The summed E-state index contributed by atoms with van der Waals surface area (Å²) in [5.74, 6) is -0.305. The summed E-state index contributed by atoms with van der Waals surface area (Å²) < 4.78 is 14.9. The maximum absolute atomic E-state index is 13.3. The Morgan fingerprint density at radius 3 is 2.89 bits per heavy atom. The van der Waals surface area contributed by atoms with Gasteiger partial charge in [0.15, 0.2) is 5.65 Å². The Hall–Kier alpha value is -2.43. The van der Waals surface area contributed by atoms with Gasteiger partial charge in [-0.25, -0.2) is 13.9 Å². The second-order valence-corrected chi connectivity index (χ2v) is 4.13. The maximum Gasteiger partial charge on any atom is 0.156 e. The lowest BCUT2D eigenvalue weighted by Crippen LogP contribution is -2.01. The van der Waals surface area contributed by atoms with Gasteiger partial charge in [-0.05, 0) is 19.1 Å². The third-order valence-electron chi connectivity index (χ3n) is 2.73. The Morgan fingerprint density at radius 1 is 1.28 bits per heavy atom. The van der Waals surface area contributed by atoms with Crippen LogP contribution in [0.1, 0.15) is 5.69 Å². The van der Waals surface area contributed by atoms with Crippen molar-refractivity contribution >= 4 is 11.3 Å². The number of aryl methyl sites for hydroxylation is 1. The second kappa shape index (κ2) is 3.80. The topological polar surface area (TPSA) is 56.2 Å². The van der Waals surface area contributed by atoms with E-state index in [9.17, 15) is 4.39 Å². The molecule has 0 radical (unpaired) electrons. The van der Waals surface area contributed by atoms with Gasteiger partial charge in [0.2, 0.25) is 0 Å². The van der Waals surface area contributed by atoms with Crippen LogP contribution < -0.4 is 5.73 Å². The van der Waals surface area contributed by atoms with Crippen molar-refractivity contribution in [3.05, 3.63) is 48.0 Å². The van der Waals surface area contributed by atoms with Crippen LogP contribution in [0.2, 0.25) is 0 Å². The molecule has 5 heteroatoms. The number of rotatable bonds is 1. The molecule has 0 aliphatic rings. The first-order valence-electron chi connectivity index (χ1n) is 5.52. The first-order valence-corrected chi connectivity index (χ1v) is 5.52. The predicted molar refractivity (Wildman–Crippen MR) is 67.5 cm³/mol. The van der Waals surface area contributed by atoms with Crippen molar-refractivity contribution in [1.29, 1.82) is 0 Å². The minimum absolute atomic E-state index is 0.305. The summed E-state index contributed by atoms with van der Waals surface area (Å²) in [7, 11) is 0. The van der Waals surface area contributed by atoms with Crippen molar-refractivity contribution in [2.24, 2.45) is 0 Å². The van der Waals surface area contributed by atoms with Crippen molar-refractivity contribution in [1.82, 2.24) is 14.6 Å². The Bertz CT molecular complexity index is 733. The van der Waals surface area contributed by atoms with E-state index in [4.69, 9.17) is 5.73 Å². The van der Waals surface area contributed by atoms with Gasteiger partial charge in [0, 0.05) is 11.6 Å². The highest BCUT2D eigenvalue weighted by atomic mass is 19.1. The Labute approximate surface area is 103 Å². The lowest BCUT2D eigenvalue weighted by atomic mass is 10.1. The molecule has 0 amide bonds. The molecule has 0 saturated heterocycles. The summed E-state index contributed by atoms with van der Waals surface area (Å²) in [6.07, 6.45) is 1.57. The van der Waals surface area contributed by atoms with Crippen molar-refractivity contribution in [3.63, 3.8) is 0 Å². The van der Waals surface area contributed by atoms with Crippen LogP contribution in [-0.2, 0) is 0 Å². The molecule has 2 aromatic heterocycles. The zero-order valence-electron chi connectivity index (χ0n) is 9.76. The number of anilines is 1. The van der Waals surface area contributed by atoms with E-state index in [0.29, 0.717) is 22.6 Å². The van der Waals surface area contributed by atoms with Crippen molar-refractivity contribution in [2.45, 2.75) is 6.92 Å². The third kappa shape index (κ3) is 1.60. The van der Waals surface area contributed by atoms with Crippen LogP contribution in [0.25, 0.3) is 16.9 Å². The van der Waals surface area contributed by atoms with Crippen LogP contribution in [-0.4, -0.2) is 14.6 Å². The largest absolute Gasteiger partial charge is 0.396 e. The number of halogens is 1. The first kappa shape index (κ1) is 10.7. The molecule has 3 rings (SSSR count). The third-order valence-corrected chi connectivity index (χ3v) is 2.73. The van der Waals surface area contributed by atoms with Gasteiger partial charge >= 0.3 is 0 Å². The van der Waals surface area contributed by atoms with E-state index in [-0.39, 0.29) is 5.82 Å². The molecule has 0 aliphatic carbocycles. The Kier molecular flexibility index (Phi) is 2.26. The van der Waals surface area contributed by atoms with Gasteiger partial charge in [0.05, 0.1) is 23.3 Å². The summed E-state index contributed by atoms with van der Waals surface area (Å²) >= 11 is 0. The Morgan fingerprint density at radius 2 is 2.11 bits per heavy atom. The molecule has 90 valence electrons. The second-order valence-electron chi connectivity index (χ2n) is 4.13. The minimum Gasteiger partial charge on any atom is -0.396 e. The SMILES string of the molecule is Cc1cc2ncc(N)c(-c3cccc(F)c3)n2n1. The van der Waals surface area contributed by atoms with Crippen LogP contribution in [0.3, 0.4) is 0 Å². The summed E-state index contributed by atoms with van der Waals surface area (Å²) in [6.45, 7) is 1.88. The predicted octanol–water partition coefficient (Wildman–Crippen LogP) is 2.43. The molecule has 1 aromatic carbocycles. The summed E-state index contributed by atoms with van der Waals surface area (Å²) in [5, 5.41) is 4.33. The van der Waals surface area contributed by atoms with Crippen LogP contribution in [0, 0.1) is 12.7 Å². The van der Waals surface area contributed by atoms with E-state index in [0.717, 1.165) is 5.69 Å². The van der Waals surface area contributed by atoms with Crippen LogP contribution >= 0.6 is 0 Å². The molecule has 18 heavy (non-hydrogen) atoms. The fraction of sp³-hybridized carbons (Fsp3) is 0.0769. The smallest absolute Gasteiger partial charge is 0.156 e. The lowest BCUT2D eigenvalue weighted by Gasteiger charge is -2.07. The zero-order chi connectivity index (χ0) is 12.7. The number of nitrogens with two attached hydrogens (primary N) is 1. The van der Waals surface area contributed by atoms with Gasteiger partial charge in [0.1, 0.15) is 5.82 Å². The van der Waals surface area contributed by atoms with E-state index in [1.165, 1.54) is 12.1 Å². The molecule has 2 N–H and O–H groups in total. The molecule has 0 fully saturated rings. The summed E-state index contributed by atoms with van der Waals surface area (Å²) in [5.41, 5.74) is 9.28. The highest BCUT2D eigenvalue weighted by Crippen LogP contribution is 2.26. The van der Waals surface area contributed by atoms with Crippen LogP contribution in [0.5, 0.6) is 0 Å². The highest BCUT2D eigenvalue weighted by Gasteiger charge is 2.11. The molecule has 0 spiro atoms. The highest BCUT2D eigenvalue weighted by molar-refractivity contribution is 5.74. The number of hydrogen-bond acceptors (Lipinski definition) is 3. The van der Waals surface area contributed by atoms with Crippen LogP contribution in [0.4, 0.5) is 10.1 Å². The number of aromatic nitrogens is 3. The fourth-order valence-electron chi connectivity index (χ4n) is 1.99. The molecule has 0 aliphatic heterocycles. The normalized spacial score (nSPS) is 11.0. The van der Waals surface area contributed by atoms with Gasteiger partial charge in [-0.3, -0.25) is 0 Å². The molecule has 0 unspecified atom stereocenters. The molecule has 0 saturated carbocycles. The monoisotopic (exact) mass is 242 g/mol. The molecule has 2 heterocycles. The van der Waals surface area contributed by atoms with E-state index < -0.39 is 0 Å². The molecular weight excluding hydrogens is 231 g/mol. The van der Waals surface area contributed by atoms with Crippen molar-refractivity contribution in [2.75, 3.05) is 5.73 Å². The molecular formula is C13H11FN4. The number of benzene rings is 1. The molecule has 0 bridgehead atoms. The van der Waals surface area contributed by atoms with Gasteiger partial charge in [-0.1, -0.05) is 12.1 Å². The summed E-state index contributed by atoms with van der Waals surface area (Å²) in [4.78, 5) is 4.19. The standard InChI is InChI=1S/C13H11FN4/c1-8-5-12-16-7-11(15)13(18(12)17-8)9-3-2-4-10(14)6-9/h2-7H,15H2,1H3. The quantitative estimate of drug-likeness (QED) is 0.713. The lowest BCUT2D eigenvalue weighted by molar-refractivity contribution is 0.628. The number of nitrogen functional groups attached to an aromatic ring is 1. The van der Waals surface area contributed by atoms with E-state index in [1.807, 2.05) is 13.0 Å². The average molecular weight is 242 g/mol. The van der Waals surface area contributed by atoms with Gasteiger partial charge in [-0.15, -0.1) is 0 Å². The average Bonchev–Trinajstić information content (AvgIpc) is 2.69. The number of hydrogen-bond donors (Lipinski definition) is 1. The number of nitrogens with zero attached hydrogens (tertiary/aromatic N) is 3. The Balaban J connectivity index is 2.36. The van der Waals surface area contributed by atoms with E-state index in [1.54, 1.807) is 22.8 Å². The first-order chi connectivity index (χ1) is 8.65. The van der Waals surface area contributed by atoms with E-state index in [2.05, 4.69) is 10.1 Å². The van der Waals surface area contributed by atoms with Crippen molar-refractivity contribution < 1.29 is 4.39 Å². The van der Waals surface area contributed by atoms with Gasteiger partial charge in [0.25, 0.3) is 0 Å². The molecule has 3 aromatic rings. The van der Waals surface area contributed by atoms with E-state index >= 15 is 0 Å². The fourth-order valence-corrected chi connectivity index (χ4v) is 1.99. The van der Waals surface area contributed by atoms with Gasteiger partial charge in [-0.2, -0.15) is 5.10 Å². The van der Waals surface area contributed by atoms with Crippen LogP contribution in [0.15, 0.2) is 36.5 Å². The van der Waals surface area contributed by atoms with Crippen molar-refractivity contribution in [3.8, 4) is 11.3 Å². The molecule has 0 atom stereocenters. The number of fused-ring (bicyclic) bond motifs is 1.